The molecule has 3 nitrogen and oxygen atoms in total. The van der Waals surface area contributed by atoms with Crippen LogP contribution in [0.1, 0.15) is 5.56 Å². The molecule has 0 bridgehead atoms. The first-order valence-electron chi connectivity index (χ1n) is 5.47. The first-order valence-corrected chi connectivity index (χ1v) is 5.85. The summed E-state index contributed by atoms with van der Waals surface area (Å²) in [6.07, 6.45) is 0.217. The van der Waals surface area contributed by atoms with Crippen molar-refractivity contribution >= 4 is 23.2 Å². The van der Waals surface area contributed by atoms with Crippen molar-refractivity contribution in [3.05, 3.63) is 59.1 Å². The summed E-state index contributed by atoms with van der Waals surface area (Å²) >= 11 is 5.84. The van der Waals surface area contributed by atoms with Gasteiger partial charge in [0.2, 0.25) is 5.91 Å². The number of carbonyl (C=O) groups excluding carboxylic acids is 1. The smallest absolute Gasteiger partial charge is 0.228 e. The summed E-state index contributed by atoms with van der Waals surface area (Å²) in [5.41, 5.74) is 1.24. The van der Waals surface area contributed by atoms with E-state index in [0.717, 1.165) is 5.56 Å². The van der Waals surface area contributed by atoms with Crippen LogP contribution in [0.25, 0.3) is 0 Å². The highest BCUT2D eigenvalue weighted by Crippen LogP contribution is 2.21. The van der Waals surface area contributed by atoms with Crippen LogP contribution >= 0.6 is 11.6 Å². The molecule has 2 rings (SSSR count). The van der Waals surface area contributed by atoms with E-state index in [-0.39, 0.29) is 18.1 Å². The van der Waals surface area contributed by atoms with Gasteiger partial charge in [-0.15, -0.1) is 0 Å². The Labute approximate surface area is 110 Å². The highest BCUT2D eigenvalue weighted by Gasteiger charge is 2.06. The minimum Gasteiger partial charge on any atom is -0.506 e. The van der Waals surface area contributed by atoms with Crippen LogP contribution in [-0.2, 0) is 11.2 Å². The molecular formula is C14H12ClNO2. The molecule has 0 spiro atoms. The van der Waals surface area contributed by atoms with Crippen molar-refractivity contribution in [2.45, 2.75) is 6.42 Å². The van der Waals surface area contributed by atoms with Gasteiger partial charge in [-0.1, -0.05) is 35.9 Å². The Morgan fingerprint density at radius 1 is 1.17 bits per heavy atom. The largest absolute Gasteiger partial charge is 0.506 e. The summed E-state index contributed by atoms with van der Waals surface area (Å²) in [5, 5.41) is 12.8. The van der Waals surface area contributed by atoms with Gasteiger partial charge in [0.15, 0.2) is 0 Å². The summed E-state index contributed by atoms with van der Waals surface area (Å²) in [6, 6.07) is 13.7. The van der Waals surface area contributed by atoms with Crippen LogP contribution in [0.15, 0.2) is 48.5 Å². The summed E-state index contributed by atoms with van der Waals surface area (Å²) in [4.78, 5) is 11.8. The number of benzene rings is 2. The molecule has 18 heavy (non-hydrogen) atoms. The van der Waals surface area contributed by atoms with Gasteiger partial charge in [-0.25, -0.2) is 0 Å². The van der Waals surface area contributed by atoms with E-state index in [1.807, 2.05) is 6.07 Å². The lowest BCUT2D eigenvalue weighted by molar-refractivity contribution is -0.115. The Morgan fingerprint density at radius 3 is 2.67 bits per heavy atom. The number of nitrogens with one attached hydrogen (secondary N) is 1. The maximum absolute atomic E-state index is 11.8. The second-order valence-corrected chi connectivity index (χ2v) is 4.31. The maximum atomic E-state index is 11.8. The van der Waals surface area contributed by atoms with Crippen molar-refractivity contribution < 1.29 is 9.90 Å². The molecule has 2 aromatic carbocycles. The average molecular weight is 262 g/mol. The van der Waals surface area contributed by atoms with Crippen LogP contribution in [0.3, 0.4) is 0 Å². The molecular weight excluding hydrogens is 250 g/mol. The number of anilines is 1. The number of hydrogen-bond acceptors (Lipinski definition) is 2. The molecule has 0 radical (unpaired) electrons. The molecule has 2 aromatic rings. The van der Waals surface area contributed by atoms with Crippen LogP contribution in [0.2, 0.25) is 5.02 Å². The molecule has 0 unspecified atom stereocenters. The lowest BCUT2D eigenvalue weighted by Gasteiger charge is -2.07. The number of hydrogen-bond donors (Lipinski definition) is 2. The van der Waals surface area contributed by atoms with Gasteiger partial charge in [0.1, 0.15) is 5.75 Å². The van der Waals surface area contributed by atoms with Gasteiger partial charge in [-0.3, -0.25) is 4.79 Å². The first-order chi connectivity index (χ1) is 8.65. The highest BCUT2D eigenvalue weighted by atomic mass is 35.5. The van der Waals surface area contributed by atoms with E-state index in [2.05, 4.69) is 5.32 Å². The van der Waals surface area contributed by atoms with Gasteiger partial charge in [-0.2, -0.15) is 0 Å². The fourth-order valence-electron chi connectivity index (χ4n) is 1.61. The third kappa shape index (κ3) is 3.25. The van der Waals surface area contributed by atoms with Gasteiger partial charge in [0, 0.05) is 5.02 Å². The number of phenolic OH excluding ortho intramolecular Hbond substituents is 1. The standard InChI is InChI=1S/C14H12ClNO2/c15-11-5-3-4-10(8-11)9-14(18)16-12-6-1-2-7-13(12)17/h1-8,17H,9H2,(H,16,18). The van der Waals surface area contributed by atoms with E-state index >= 15 is 0 Å². The Kier molecular flexibility index (Phi) is 3.85. The van der Waals surface area contributed by atoms with Gasteiger partial charge in [0.05, 0.1) is 12.1 Å². The molecule has 0 saturated heterocycles. The Balaban J connectivity index is 2.03. The van der Waals surface area contributed by atoms with Gasteiger partial charge >= 0.3 is 0 Å². The fourth-order valence-corrected chi connectivity index (χ4v) is 1.82. The Morgan fingerprint density at radius 2 is 1.94 bits per heavy atom. The van der Waals surface area contributed by atoms with Crippen LogP contribution in [0, 0.1) is 0 Å². The van der Waals surface area contributed by atoms with Crippen LogP contribution in [-0.4, -0.2) is 11.0 Å². The number of carbonyl (C=O) groups is 1. The van der Waals surface area contributed by atoms with Crippen molar-refractivity contribution in [2.75, 3.05) is 5.32 Å². The number of phenols is 1. The van der Waals surface area contributed by atoms with Crippen molar-refractivity contribution in [3.63, 3.8) is 0 Å². The fraction of sp³-hybridized carbons (Fsp3) is 0.0714. The number of halogens is 1. The minimum absolute atomic E-state index is 0.0527. The van der Waals surface area contributed by atoms with Crippen molar-refractivity contribution in [3.8, 4) is 5.75 Å². The van der Waals surface area contributed by atoms with Crippen LogP contribution in [0.4, 0.5) is 5.69 Å². The molecule has 0 atom stereocenters. The number of rotatable bonds is 3. The van der Waals surface area contributed by atoms with E-state index < -0.39 is 0 Å². The Hall–Kier alpha value is -2.00. The van der Waals surface area contributed by atoms with Crippen molar-refractivity contribution in [2.24, 2.45) is 0 Å². The van der Waals surface area contributed by atoms with Crippen molar-refractivity contribution in [1.29, 1.82) is 0 Å². The topological polar surface area (TPSA) is 49.3 Å². The molecule has 4 heteroatoms. The Bertz CT molecular complexity index is 569. The first kappa shape index (κ1) is 12.5. The molecule has 1 amide bonds. The van der Waals surface area contributed by atoms with Gasteiger partial charge < -0.3 is 10.4 Å². The highest BCUT2D eigenvalue weighted by molar-refractivity contribution is 6.30. The monoisotopic (exact) mass is 261 g/mol. The molecule has 92 valence electrons. The third-order valence-corrected chi connectivity index (χ3v) is 2.67. The van der Waals surface area contributed by atoms with E-state index in [1.165, 1.54) is 6.07 Å². The molecule has 0 aliphatic heterocycles. The number of amides is 1. The zero-order valence-electron chi connectivity index (χ0n) is 9.56. The zero-order chi connectivity index (χ0) is 13.0. The summed E-state index contributed by atoms with van der Waals surface area (Å²) < 4.78 is 0. The lowest BCUT2D eigenvalue weighted by Crippen LogP contribution is -2.14. The molecule has 0 aromatic heterocycles. The normalized spacial score (nSPS) is 10.1. The molecule has 0 heterocycles. The molecule has 0 aliphatic rings. The van der Waals surface area contributed by atoms with E-state index in [9.17, 15) is 9.90 Å². The predicted octanol–water partition coefficient (Wildman–Crippen LogP) is 3.23. The predicted molar refractivity (Wildman–Crippen MR) is 71.9 cm³/mol. The third-order valence-electron chi connectivity index (χ3n) is 2.43. The molecule has 0 fully saturated rings. The molecule has 2 N–H and O–H groups in total. The summed E-state index contributed by atoms with van der Waals surface area (Å²) in [7, 11) is 0. The SMILES string of the molecule is O=C(Cc1cccc(Cl)c1)Nc1ccccc1O. The molecule has 0 saturated carbocycles. The van der Waals surface area contributed by atoms with Crippen LogP contribution < -0.4 is 5.32 Å². The maximum Gasteiger partial charge on any atom is 0.228 e. The van der Waals surface area contributed by atoms with Gasteiger partial charge in [0.25, 0.3) is 0 Å². The van der Waals surface area contributed by atoms with E-state index in [4.69, 9.17) is 11.6 Å². The minimum atomic E-state index is -0.196. The number of para-hydroxylation sites is 2. The molecule has 0 aliphatic carbocycles. The van der Waals surface area contributed by atoms with E-state index in [1.54, 1.807) is 36.4 Å². The van der Waals surface area contributed by atoms with Gasteiger partial charge in [-0.05, 0) is 29.8 Å². The lowest BCUT2D eigenvalue weighted by atomic mass is 10.1. The van der Waals surface area contributed by atoms with Crippen LogP contribution in [0.5, 0.6) is 5.75 Å². The second-order valence-electron chi connectivity index (χ2n) is 3.87. The summed E-state index contributed by atoms with van der Waals surface area (Å²) in [6.45, 7) is 0. The van der Waals surface area contributed by atoms with Crippen molar-refractivity contribution in [1.82, 2.24) is 0 Å². The quantitative estimate of drug-likeness (QED) is 0.834. The second kappa shape index (κ2) is 5.56. The van der Waals surface area contributed by atoms with E-state index in [0.29, 0.717) is 10.7 Å². The number of aromatic hydroxyl groups is 1. The average Bonchev–Trinajstić information content (AvgIpc) is 2.32. The zero-order valence-corrected chi connectivity index (χ0v) is 10.3. The summed E-state index contributed by atoms with van der Waals surface area (Å²) in [5.74, 6) is -0.143.